The molecule has 1 aliphatic heterocycles. The summed E-state index contributed by atoms with van der Waals surface area (Å²) in [6.07, 6.45) is 1.67. The molecule has 0 saturated heterocycles. The van der Waals surface area contributed by atoms with Gasteiger partial charge in [-0.15, -0.1) is 0 Å². The smallest absolute Gasteiger partial charge is 0.257 e. The number of benzene rings is 1. The highest BCUT2D eigenvalue weighted by atomic mass is 19.1. The monoisotopic (exact) mass is 449 g/mol. The van der Waals surface area contributed by atoms with Gasteiger partial charge in [0.1, 0.15) is 17.2 Å². The standard InChI is InChI=1S/C22H25F2N3O5/c1-13-20(29)21(30)19(22(31)25-10-14-3-4-15(23)9-17(14)24)18-6-5-16(27(13)18)11-26(12-28)7-8-32-2/h3-4,9,12,16,29H,5-8,10-11H2,1-2H3,(H,25,31)/t16-/m1/s1. The van der Waals surface area contributed by atoms with Gasteiger partial charge in [0.15, 0.2) is 5.75 Å². The van der Waals surface area contributed by atoms with Crippen LogP contribution in [-0.4, -0.2) is 53.7 Å². The van der Waals surface area contributed by atoms with Gasteiger partial charge in [-0.3, -0.25) is 14.4 Å². The number of pyridine rings is 1. The first kappa shape index (κ1) is 23.4. The van der Waals surface area contributed by atoms with Crippen molar-refractivity contribution in [2.24, 2.45) is 0 Å². The lowest BCUT2D eigenvalue weighted by Crippen LogP contribution is -2.34. The van der Waals surface area contributed by atoms with Crippen LogP contribution >= 0.6 is 0 Å². The molecule has 32 heavy (non-hydrogen) atoms. The molecule has 0 radical (unpaired) electrons. The van der Waals surface area contributed by atoms with Crippen LogP contribution in [0.2, 0.25) is 0 Å². The third-order valence-electron chi connectivity index (χ3n) is 5.66. The molecule has 10 heteroatoms. The Balaban J connectivity index is 1.88. The predicted octanol–water partition coefficient (Wildman–Crippen LogP) is 1.66. The number of methoxy groups -OCH3 is 1. The van der Waals surface area contributed by atoms with Gasteiger partial charge in [0, 0.05) is 44.1 Å². The number of halogens is 2. The van der Waals surface area contributed by atoms with Gasteiger partial charge in [-0.25, -0.2) is 8.78 Å². The Morgan fingerprint density at radius 1 is 1.41 bits per heavy atom. The Morgan fingerprint density at radius 3 is 2.81 bits per heavy atom. The van der Waals surface area contributed by atoms with Gasteiger partial charge < -0.3 is 24.6 Å². The molecule has 0 spiro atoms. The quantitative estimate of drug-likeness (QED) is 0.567. The van der Waals surface area contributed by atoms with Crippen molar-refractivity contribution in [2.75, 3.05) is 26.8 Å². The molecule has 0 aliphatic carbocycles. The number of aromatic nitrogens is 1. The molecule has 0 fully saturated rings. The van der Waals surface area contributed by atoms with Crippen LogP contribution in [0.15, 0.2) is 23.0 Å². The average molecular weight is 449 g/mol. The van der Waals surface area contributed by atoms with Gasteiger partial charge in [0.05, 0.1) is 18.3 Å². The third kappa shape index (κ3) is 4.64. The molecule has 1 aliphatic rings. The zero-order chi connectivity index (χ0) is 23.4. The van der Waals surface area contributed by atoms with Gasteiger partial charge >= 0.3 is 0 Å². The molecule has 1 aromatic carbocycles. The summed E-state index contributed by atoms with van der Waals surface area (Å²) in [6.45, 7) is 2.39. The lowest BCUT2D eigenvalue weighted by Gasteiger charge is -2.25. The van der Waals surface area contributed by atoms with Crippen molar-refractivity contribution in [3.05, 3.63) is 62.6 Å². The minimum Gasteiger partial charge on any atom is -0.503 e. The van der Waals surface area contributed by atoms with Crippen LogP contribution in [0.25, 0.3) is 0 Å². The van der Waals surface area contributed by atoms with Crippen molar-refractivity contribution in [1.29, 1.82) is 0 Å². The van der Waals surface area contributed by atoms with Gasteiger partial charge in [-0.05, 0) is 25.8 Å². The topological polar surface area (TPSA) is 101 Å². The number of carbonyl (C=O) groups is 2. The van der Waals surface area contributed by atoms with Crippen molar-refractivity contribution in [3.8, 4) is 5.75 Å². The Bertz CT molecular complexity index is 1090. The minimum atomic E-state index is -0.816. The van der Waals surface area contributed by atoms with Crippen molar-refractivity contribution in [3.63, 3.8) is 0 Å². The Morgan fingerprint density at radius 2 is 2.16 bits per heavy atom. The van der Waals surface area contributed by atoms with E-state index in [1.165, 1.54) is 18.1 Å². The minimum absolute atomic E-state index is 0.0606. The zero-order valence-corrected chi connectivity index (χ0v) is 17.9. The van der Waals surface area contributed by atoms with E-state index in [2.05, 4.69) is 5.32 Å². The summed E-state index contributed by atoms with van der Waals surface area (Å²) in [5, 5.41) is 12.9. The highest BCUT2D eigenvalue weighted by Crippen LogP contribution is 2.32. The van der Waals surface area contributed by atoms with E-state index < -0.39 is 28.7 Å². The predicted molar refractivity (Wildman–Crippen MR) is 112 cm³/mol. The lowest BCUT2D eigenvalue weighted by molar-refractivity contribution is -0.119. The summed E-state index contributed by atoms with van der Waals surface area (Å²) < 4.78 is 33.7. The molecule has 8 nitrogen and oxygen atoms in total. The van der Waals surface area contributed by atoms with E-state index in [9.17, 15) is 28.3 Å². The van der Waals surface area contributed by atoms with Crippen LogP contribution < -0.4 is 10.7 Å². The maximum Gasteiger partial charge on any atom is 0.257 e. The van der Waals surface area contributed by atoms with E-state index in [4.69, 9.17) is 4.74 Å². The van der Waals surface area contributed by atoms with Gasteiger partial charge in [-0.1, -0.05) is 6.07 Å². The second-order valence-corrected chi connectivity index (χ2v) is 7.66. The van der Waals surface area contributed by atoms with Crippen LogP contribution in [-0.2, 0) is 22.5 Å². The summed E-state index contributed by atoms with van der Waals surface area (Å²) >= 11 is 0. The summed E-state index contributed by atoms with van der Waals surface area (Å²) in [5.41, 5.74) is -0.201. The average Bonchev–Trinajstić information content (AvgIpc) is 3.17. The normalized spacial score (nSPS) is 14.8. The van der Waals surface area contributed by atoms with Crippen LogP contribution in [0.5, 0.6) is 5.75 Å². The first-order valence-corrected chi connectivity index (χ1v) is 10.2. The van der Waals surface area contributed by atoms with E-state index in [-0.39, 0.29) is 23.7 Å². The molecule has 3 rings (SSSR count). The van der Waals surface area contributed by atoms with Crippen LogP contribution in [0.4, 0.5) is 8.78 Å². The molecule has 0 saturated carbocycles. The maximum atomic E-state index is 13.9. The fourth-order valence-electron chi connectivity index (χ4n) is 4.03. The van der Waals surface area contributed by atoms with Gasteiger partial charge in [0.2, 0.25) is 11.8 Å². The van der Waals surface area contributed by atoms with E-state index in [0.717, 1.165) is 6.07 Å². The highest BCUT2D eigenvalue weighted by molar-refractivity contribution is 5.95. The van der Waals surface area contributed by atoms with Crippen molar-refractivity contribution >= 4 is 12.3 Å². The number of nitrogens with zero attached hydrogens (tertiary/aromatic N) is 2. The Kier molecular flexibility index (Phi) is 7.24. The SMILES string of the molecule is COCCN(C=O)C[C@H]1CCc2c(C(=O)NCc3ccc(F)cc3F)c(=O)c(O)c(C)n21. The van der Waals surface area contributed by atoms with E-state index in [0.29, 0.717) is 56.4 Å². The van der Waals surface area contributed by atoms with Crippen LogP contribution in [0.1, 0.15) is 39.8 Å². The van der Waals surface area contributed by atoms with Gasteiger partial charge in [-0.2, -0.15) is 0 Å². The molecule has 1 aromatic heterocycles. The number of rotatable bonds is 9. The highest BCUT2D eigenvalue weighted by Gasteiger charge is 2.32. The molecule has 2 aromatic rings. The summed E-state index contributed by atoms with van der Waals surface area (Å²) in [4.78, 5) is 38.5. The molecular weight excluding hydrogens is 424 g/mol. The number of amides is 2. The maximum absolute atomic E-state index is 13.9. The molecule has 0 bridgehead atoms. The number of carbonyl (C=O) groups excluding carboxylic acids is 2. The molecule has 2 amide bonds. The molecule has 0 unspecified atom stereocenters. The summed E-state index contributed by atoms with van der Waals surface area (Å²) in [6, 6.07) is 2.75. The van der Waals surface area contributed by atoms with Gasteiger partial charge in [0.25, 0.3) is 5.91 Å². The third-order valence-corrected chi connectivity index (χ3v) is 5.66. The molecule has 2 heterocycles. The van der Waals surface area contributed by atoms with Crippen LogP contribution in [0, 0.1) is 18.6 Å². The van der Waals surface area contributed by atoms with Crippen molar-refractivity contribution < 1.29 is 28.2 Å². The summed E-state index contributed by atoms with van der Waals surface area (Å²) in [5.74, 6) is -2.86. The van der Waals surface area contributed by atoms with E-state index in [1.807, 2.05) is 0 Å². The second-order valence-electron chi connectivity index (χ2n) is 7.66. The lowest BCUT2D eigenvalue weighted by atomic mass is 10.1. The summed E-state index contributed by atoms with van der Waals surface area (Å²) in [7, 11) is 1.53. The zero-order valence-electron chi connectivity index (χ0n) is 17.9. The molecule has 2 N–H and O–H groups in total. The van der Waals surface area contributed by atoms with E-state index in [1.54, 1.807) is 11.5 Å². The number of ether oxygens (including phenoxy) is 1. The van der Waals surface area contributed by atoms with Crippen LogP contribution in [0.3, 0.4) is 0 Å². The number of aromatic hydroxyl groups is 1. The molecule has 172 valence electrons. The second kappa shape index (κ2) is 9.90. The number of hydrogen-bond acceptors (Lipinski definition) is 5. The fraction of sp³-hybridized carbons (Fsp3) is 0.409. The first-order valence-electron chi connectivity index (χ1n) is 10.2. The molecular formula is C22H25F2N3O5. The number of nitrogens with one attached hydrogen (secondary N) is 1. The Hall–Kier alpha value is -3.27. The van der Waals surface area contributed by atoms with Crippen molar-refractivity contribution in [1.82, 2.24) is 14.8 Å². The van der Waals surface area contributed by atoms with Crippen molar-refractivity contribution in [2.45, 2.75) is 32.4 Å². The fourth-order valence-corrected chi connectivity index (χ4v) is 4.03. The first-order chi connectivity index (χ1) is 15.3. The largest absolute Gasteiger partial charge is 0.503 e. The number of fused-ring (bicyclic) bond motifs is 1. The number of hydrogen-bond donors (Lipinski definition) is 2. The Labute approximate surface area is 183 Å². The molecule has 1 atom stereocenters. The van der Waals surface area contributed by atoms with E-state index >= 15 is 0 Å².